The van der Waals surface area contributed by atoms with Crippen LogP contribution in [0.4, 0.5) is 17.3 Å². The third-order valence-electron chi connectivity index (χ3n) is 4.13. The number of hydrogen-bond acceptors (Lipinski definition) is 7. The van der Waals surface area contributed by atoms with Crippen molar-refractivity contribution in [1.29, 1.82) is 0 Å². The molecule has 2 N–H and O–H groups in total. The number of nitro groups is 1. The molecule has 1 aromatic rings. The van der Waals surface area contributed by atoms with Crippen molar-refractivity contribution in [3.8, 4) is 0 Å². The minimum atomic E-state index is -0.422. The quantitative estimate of drug-likeness (QED) is 0.586. The average molecular weight is 322 g/mol. The Morgan fingerprint density at radius 2 is 1.78 bits per heavy atom. The van der Waals surface area contributed by atoms with E-state index in [0.29, 0.717) is 18.9 Å². The molecule has 0 saturated carbocycles. The molecule has 2 atom stereocenters. The molecule has 0 spiro atoms. The lowest BCUT2D eigenvalue weighted by atomic mass is 10.2. The van der Waals surface area contributed by atoms with Gasteiger partial charge in [-0.15, -0.1) is 0 Å². The van der Waals surface area contributed by atoms with Gasteiger partial charge in [0.1, 0.15) is 5.82 Å². The average Bonchev–Trinajstić information content (AvgIpc) is 3.24. The molecule has 8 heteroatoms. The summed E-state index contributed by atoms with van der Waals surface area (Å²) >= 11 is 0. The molecule has 0 aliphatic carbocycles. The minimum Gasteiger partial charge on any atom is -0.376 e. The second-order valence-electron chi connectivity index (χ2n) is 5.85. The smallest absolute Gasteiger partial charge is 0.311 e. The monoisotopic (exact) mass is 322 g/mol. The molecule has 8 nitrogen and oxygen atoms in total. The second kappa shape index (κ2) is 7.56. The number of ether oxygens (including phenoxy) is 2. The zero-order valence-electron chi connectivity index (χ0n) is 13.0. The van der Waals surface area contributed by atoms with Crippen molar-refractivity contribution in [3.05, 3.63) is 22.2 Å². The van der Waals surface area contributed by atoms with E-state index in [0.717, 1.165) is 38.9 Å². The van der Waals surface area contributed by atoms with Gasteiger partial charge in [-0.05, 0) is 31.7 Å². The SMILES string of the molecule is O=[N+]([O-])c1ccc(NC[C@H]2CCCO2)nc1NC[C@@H]1CCCO1. The van der Waals surface area contributed by atoms with Crippen molar-refractivity contribution in [1.82, 2.24) is 4.98 Å². The van der Waals surface area contributed by atoms with E-state index >= 15 is 0 Å². The Hall–Kier alpha value is -1.93. The molecule has 2 fully saturated rings. The Balaban J connectivity index is 1.63. The third-order valence-corrected chi connectivity index (χ3v) is 4.13. The molecule has 1 aromatic heterocycles. The van der Waals surface area contributed by atoms with E-state index in [9.17, 15) is 10.1 Å². The van der Waals surface area contributed by atoms with Crippen LogP contribution in [0.5, 0.6) is 0 Å². The fourth-order valence-corrected chi connectivity index (χ4v) is 2.87. The van der Waals surface area contributed by atoms with Crippen LogP contribution in [-0.2, 0) is 9.47 Å². The summed E-state index contributed by atoms with van der Waals surface area (Å²) in [4.78, 5) is 15.1. The van der Waals surface area contributed by atoms with Crippen LogP contribution in [0.2, 0.25) is 0 Å². The molecule has 3 heterocycles. The molecule has 0 aromatic carbocycles. The van der Waals surface area contributed by atoms with Gasteiger partial charge < -0.3 is 20.1 Å². The Bertz CT molecular complexity index is 542. The van der Waals surface area contributed by atoms with E-state index in [1.54, 1.807) is 6.07 Å². The highest BCUT2D eigenvalue weighted by molar-refractivity contribution is 5.60. The maximum atomic E-state index is 11.2. The van der Waals surface area contributed by atoms with Crippen molar-refractivity contribution in [3.63, 3.8) is 0 Å². The van der Waals surface area contributed by atoms with Crippen molar-refractivity contribution in [2.75, 3.05) is 36.9 Å². The van der Waals surface area contributed by atoms with Crippen molar-refractivity contribution < 1.29 is 14.4 Å². The minimum absolute atomic E-state index is 0.0225. The third kappa shape index (κ3) is 4.29. The Morgan fingerprint density at radius 1 is 1.13 bits per heavy atom. The Morgan fingerprint density at radius 3 is 2.35 bits per heavy atom. The molecule has 0 unspecified atom stereocenters. The van der Waals surface area contributed by atoms with Crippen LogP contribution in [0.3, 0.4) is 0 Å². The van der Waals surface area contributed by atoms with Gasteiger partial charge in [0, 0.05) is 32.4 Å². The van der Waals surface area contributed by atoms with Gasteiger partial charge in [-0.3, -0.25) is 10.1 Å². The lowest BCUT2D eigenvalue weighted by molar-refractivity contribution is -0.384. The predicted molar refractivity (Wildman–Crippen MR) is 85.8 cm³/mol. The highest BCUT2D eigenvalue weighted by Gasteiger charge is 2.20. The maximum absolute atomic E-state index is 11.2. The fraction of sp³-hybridized carbons (Fsp3) is 0.667. The maximum Gasteiger partial charge on any atom is 0.311 e. The predicted octanol–water partition coefficient (Wildman–Crippen LogP) is 2.17. The second-order valence-corrected chi connectivity index (χ2v) is 5.85. The van der Waals surface area contributed by atoms with Crippen LogP contribution in [0, 0.1) is 10.1 Å². The number of rotatable bonds is 7. The van der Waals surface area contributed by atoms with Gasteiger partial charge in [0.15, 0.2) is 0 Å². The van der Waals surface area contributed by atoms with E-state index < -0.39 is 4.92 Å². The largest absolute Gasteiger partial charge is 0.376 e. The lowest BCUT2D eigenvalue weighted by Crippen LogP contribution is -2.21. The molecule has 2 saturated heterocycles. The molecule has 3 rings (SSSR count). The summed E-state index contributed by atoms with van der Waals surface area (Å²) in [5, 5.41) is 17.4. The first-order chi connectivity index (χ1) is 11.2. The molecule has 2 aliphatic rings. The standard InChI is InChI=1S/C15H22N4O4/c20-19(21)13-5-6-14(16-9-11-3-1-7-22-11)18-15(13)17-10-12-4-2-8-23-12/h5-6,11-12H,1-4,7-10H2,(H2,16,17,18)/t11-,12+/m1/s1. The summed E-state index contributed by atoms with van der Waals surface area (Å²) in [6.45, 7) is 2.75. The first kappa shape index (κ1) is 15.9. The van der Waals surface area contributed by atoms with E-state index in [-0.39, 0.29) is 23.7 Å². The van der Waals surface area contributed by atoms with Crippen LogP contribution >= 0.6 is 0 Å². The fourth-order valence-electron chi connectivity index (χ4n) is 2.87. The highest BCUT2D eigenvalue weighted by atomic mass is 16.6. The number of aromatic nitrogens is 1. The summed E-state index contributed by atoms with van der Waals surface area (Å²) in [5.74, 6) is 0.892. The topological polar surface area (TPSA) is 98.6 Å². The van der Waals surface area contributed by atoms with E-state index in [1.165, 1.54) is 6.07 Å². The van der Waals surface area contributed by atoms with Gasteiger partial charge in [-0.1, -0.05) is 0 Å². The summed E-state index contributed by atoms with van der Waals surface area (Å²) in [6.07, 6.45) is 4.40. The van der Waals surface area contributed by atoms with Crippen molar-refractivity contribution >= 4 is 17.3 Å². The van der Waals surface area contributed by atoms with E-state index in [4.69, 9.17) is 9.47 Å². The van der Waals surface area contributed by atoms with Crippen LogP contribution in [0.15, 0.2) is 12.1 Å². The van der Waals surface area contributed by atoms with Crippen LogP contribution in [-0.4, -0.2) is 48.4 Å². The Labute approximate surface area is 134 Å². The van der Waals surface area contributed by atoms with Crippen LogP contribution in [0.1, 0.15) is 25.7 Å². The Kier molecular flexibility index (Phi) is 5.24. The zero-order chi connectivity index (χ0) is 16.1. The lowest BCUT2D eigenvalue weighted by Gasteiger charge is -2.14. The summed E-state index contributed by atoms with van der Waals surface area (Å²) in [7, 11) is 0. The molecule has 23 heavy (non-hydrogen) atoms. The molecular formula is C15H22N4O4. The number of nitrogens with one attached hydrogen (secondary N) is 2. The summed E-state index contributed by atoms with van der Waals surface area (Å²) in [5.41, 5.74) is -0.0225. The normalized spacial score (nSPS) is 23.8. The van der Waals surface area contributed by atoms with Crippen molar-refractivity contribution in [2.45, 2.75) is 37.9 Å². The van der Waals surface area contributed by atoms with Gasteiger partial charge in [0.2, 0.25) is 5.82 Å². The van der Waals surface area contributed by atoms with Gasteiger partial charge in [0.25, 0.3) is 0 Å². The summed E-state index contributed by atoms with van der Waals surface area (Å²) in [6, 6.07) is 3.10. The molecule has 2 aliphatic heterocycles. The van der Waals surface area contributed by atoms with Gasteiger partial charge in [-0.2, -0.15) is 0 Å². The van der Waals surface area contributed by atoms with Crippen LogP contribution < -0.4 is 10.6 Å². The number of nitrogens with zero attached hydrogens (tertiary/aromatic N) is 2. The van der Waals surface area contributed by atoms with E-state index in [1.807, 2.05) is 0 Å². The first-order valence-electron chi connectivity index (χ1n) is 8.09. The van der Waals surface area contributed by atoms with Gasteiger partial charge >= 0.3 is 5.69 Å². The number of anilines is 2. The van der Waals surface area contributed by atoms with Crippen LogP contribution in [0.25, 0.3) is 0 Å². The van der Waals surface area contributed by atoms with E-state index in [2.05, 4.69) is 15.6 Å². The highest BCUT2D eigenvalue weighted by Crippen LogP contribution is 2.25. The molecule has 0 bridgehead atoms. The van der Waals surface area contributed by atoms with Gasteiger partial charge in [0.05, 0.1) is 17.1 Å². The summed E-state index contributed by atoms with van der Waals surface area (Å²) < 4.78 is 11.1. The molecule has 0 amide bonds. The molecule has 126 valence electrons. The number of hydrogen-bond donors (Lipinski definition) is 2. The molecular weight excluding hydrogens is 300 g/mol. The molecule has 0 radical (unpaired) electrons. The zero-order valence-corrected chi connectivity index (χ0v) is 13.0. The van der Waals surface area contributed by atoms with Gasteiger partial charge in [-0.25, -0.2) is 4.98 Å². The first-order valence-corrected chi connectivity index (χ1v) is 8.09. The number of pyridine rings is 1. The van der Waals surface area contributed by atoms with Crippen molar-refractivity contribution in [2.24, 2.45) is 0 Å².